The predicted octanol–water partition coefficient (Wildman–Crippen LogP) is 2.71. The van der Waals surface area contributed by atoms with Gasteiger partial charge in [0.1, 0.15) is 5.75 Å². The number of ether oxygens (including phenoxy) is 2. The SMILES string of the molecule is CCC[C@@H](C(=O)OCC)C(C)=NNC(=O)Cc1ccc(OC)cc1. The summed E-state index contributed by atoms with van der Waals surface area (Å²) < 4.78 is 10.1. The largest absolute Gasteiger partial charge is 0.497 e. The highest BCUT2D eigenvalue weighted by Crippen LogP contribution is 2.12. The Balaban J connectivity index is 2.63. The Bertz CT molecular complexity index is 567. The molecule has 0 aliphatic heterocycles. The van der Waals surface area contributed by atoms with Gasteiger partial charge in [0.2, 0.25) is 5.91 Å². The molecule has 6 nitrogen and oxygen atoms in total. The number of esters is 1. The van der Waals surface area contributed by atoms with Gasteiger partial charge in [-0.1, -0.05) is 25.5 Å². The fourth-order valence-electron chi connectivity index (χ4n) is 2.23. The quantitative estimate of drug-likeness (QED) is 0.428. The summed E-state index contributed by atoms with van der Waals surface area (Å²) in [6.45, 7) is 5.81. The number of hydrogen-bond acceptors (Lipinski definition) is 5. The number of carbonyl (C=O) groups excluding carboxylic acids is 2. The number of nitrogens with one attached hydrogen (secondary N) is 1. The number of hydrogen-bond donors (Lipinski definition) is 1. The van der Waals surface area contributed by atoms with Crippen molar-refractivity contribution in [3.05, 3.63) is 29.8 Å². The van der Waals surface area contributed by atoms with Crippen LogP contribution in [-0.4, -0.2) is 31.3 Å². The van der Waals surface area contributed by atoms with Gasteiger partial charge in [-0.2, -0.15) is 5.10 Å². The molecule has 0 bridgehead atoms. The normalized spacial score (nSPS) is 12.4. The molecule has 0 aliphatic carbocycles. The van der Waals surface area contributed by atoms with Gasteiger partial charge in [-0.25, -0.2) is 5.43 Å². The van der Waals surface area contributed by atoms with E-state index >= 15 is 0 Å². The van der Waals surface area contributed by atoms with Crippen LogP contribution in [0.3, 0.4) is 0 Å². The molecule has 1 aromatic carbocycles. The third-order valence-corrected chi connectivity index (χ3v) is 3.53. The minimum Gasteiger partial charge on any atom is -0.497 e. The molecule has 1 atom stereocenters. The van der Waals surface area contributed by atoms with Crippen LogP contribution < -0.4 is 10.2 Å². The fourth-order valence-corrected chi connectivity index (χ4v) is 2.23. The van der Waals surface area contributed by atoms with Gasteiger partial charge in [0.25, 0.3) is 0 Å². The van der Waals surface area contributed by atoms with Crippen LogP contribution in [0.25, 0.3) is 0 Å². The topological polar surface area (TPSA) is 77.0 Å². The Kier molecular flexibility index (Phi) is 8.54. The van der Waals surface area contributed by atoms with Gasteiger partial charge in [0, 0.05) is 5.71 Å². The third kappa shape index (κ3) is 6.40. The van der Waals surface area contributed by atoms with Crippen molar-refractivity contribution >= 4 is 17.6 Å². The lowest BCUT2D eigenvalue weighted by Crippen LogP contribution is -2.28. The molecule has 1 aromatic rings. The Morgan fingerprint density at radius 1 is 1.21 bits per heavy atom. The highest BCUT2D eigenvalue weighted by Gasteiger charge is 2.22. The smallest absolute Gasteiger partial charge is 0.314 e. The van der Waals surface area contributed by atoms with Crippen molar-refractivity contribution in [1.29, 1.82) is 0 Å². The Labute approximate surface area is 143 Å². The summed E-state index contributed by atoms with van der Waals surface area (Å²) in [5.41, 5.74) is 3.92. The van der Waals surface area contributed by atoms with Gasteiger partial charge < -0.3 is 9.47 Å². The lowest BCUT2D eigenvalue weighted by atomic mass is 9.99. The van der Waals surface area contributed by atoms with Crippen molar-refractivity contribution in [3.63, 3.8) is 0 Å². The maximum absolute atomic E-state index is 12.0. The molecule has 0 unspecified atom stereocenters. The van der Waals surface area contributed by atoms with Crippen LogP contribution in [0.2, 0.25) is 0 Å². The zero-order valence-corrected chi connectivity index (χ0v) is 14.8. The minimum absolute atomic E-state index is 0.207. The van der Waals surface area contributed by atoms with E-state index < -0.39 is 5.92 Å². The molecule has 0 fully saturated rings. The lowest BCUT2D eigenvalue weighted by molar-refractivity contribution is -0.145. The zero-order valence-electron chi connectivity index (χ0n) is 14.8. The van der Waals surface area contributed by atoms with Gasteiger partial charge in [0.05, 0.1) is 26.1 Å². The first-order valence-corrected chi connectivity index (χ1v) is 8.14. The number of rotatable bonds is 9. The van der Waals surface area contributed by atoms with Crippen LogP contribution in [-0.2, 0) is 20.7 Å². The van der Waals surface area contributed by atoms with Gasteiger partial charge in [-0.3, -0.25) is 9.59 Å². The molecule has 1 N–H and O–H groups in total. The number of methoxy groups -OCH3 is 1. The fraction of sp³-hybridized carbons (Fsp3) is 0.500. The van der Waals surface area contributed by atoms with Crippen molar-refractivity contribution < 1.29 is 19.1 Å². The summed E-state index contributed by atoms with van der Waals surface area (Å²) in [4.78, 5) is 23.9. The number of benzene rings is 1. The van der Waals surface area contributed by atoms with Crippen LogP contribution in [0, 0.1) is 5.92 Å². The predicted molar refractivity (Wildman–Crippen MR) is 93.0 cm³/mol. The molecule has 0 radical (unpaired) electrons. The van der Waals surface area contributed by atoms with E-state index in [4.69, 9.17) is 9.47 Å². The van der Waals surface area contributed by atoms with Crippen molar-refractivity contribution in [2.24, 2.45) is 11.0 Å². The summed E-state index contributed by atoms with van der Waals surface area (Å²) in [5.74, 6) is -0.218. The van der Waals surface area contributed by atoms with Gasteiger partial charge in [-0.05, 0) is 38.0 Å². The second-order valence-electron chi connectivity index (χ2n) is 5.41. The standard InChI is InChI=1S/C18H26N2O4/c1-5-7-16(18(22)24-6-2)13(3)19-20-17(21)12-14-8-10-15(23-4)11-9-14/h8-11,16H,5-7,12H2,1-4H3,(H,20,21)/t16-/m1/s1. The van der Waals surface area contributed by atoms with E-state index in [1.807, 2.05) is 19.1 Å². The second kappa shape index (κ2) is 10.4. The number of amides is 1. The van der Waals surface area contributed by atoms with Crippen LogP contribution >= 0.6 is 0 Å². The van der Waals surface area contributed by atoms with E-state index in [2.05, 4.69) is 10.5 Å². The first-order chi connectivity index (χ1) is 11.5. The first kappa shape index (κ1) is 19.7. The highest BCUT2D eigenvalue weighted by atomic mass is 16.5. The molecule has 0 aromatic heterocycles. The van der Waals surface area contributed by atoms with E-state index in [1.54, 1.807) is 33.1 Å². The minimum atomic E-state index is -0.420. The molecule has 1 amide bonds. The average Bonchev–Trinajstić information content (AvgIpc) is 2.58. The monoisotopic (exact) mass is 334 g/mol. The molecule has 0 saturated heterocycles. The van der Waals surface area contributed by atoms with Crippen LogP contribution in [0.1, 0.15) is 39.2 Å². The molecule has 0 aliphatic rings. The summed E-state index contributed by atoms with van der Waals surface area (Å²) >= 11 is 0. The summed E-state index contributed by atoms with van der Waals surface area (Å²) in [6.07, 6.45) is 1.68. The van der Waals surface area contributed by atoms with E-state index in [0.717, 1.165) is 17.7 Å². The highest BCUT2D eigenvalue weighted by molar-refractivity contribution is 6.01. The van der Waals surface area contributed by atoms with Gasteiger partial charge in [0.15, 0.2) is 0 Å². The van der Waals surface area contributed by atoms with Gasteiger partial charge in [-0.15, -0.1) is 0 Å². The third-order valence-electron chi connectivity index (χ3n) is 3.53. The molecule has 0 spiro atoms. The second-order valence-corrected chi connectivity index (χ2v) is 5.41. The maximum atomic E-state index is 12.0. The van der Waals surface area contributed by atoms with Crippen LogP contribution in [0.15, 0.2) is 29.4 Å². The van der Waals surface area contributed by atoms with Crippen LogP contribution in [0.5, 0.6) is 5.75 Å². The average molecular weight is 334 g/mol. The van der Waals surface area contributed by atoms with Crippen molar-refractivity contribution in [2.45, 2.75) is 40.0 Å². The molecule has 6 heteroatoms. The summed E-state index contributed by atoms with van der Waals surface area (Å²) in [5, 5.41) is 4.07. The molecule has 1 rings (SSSR count). The lowest BCUT2D eigenvalue weighted by Gasteiger charge is -2.14. The first-order valence-electron chi connectivity index (χ1n) is 8.14. The Hall–Kier alpha value is -2.37. The molecular formula is C18H26N2O4. The summed E-state index contributed by atoms with van der Waals surface area (Å²) in [7, 11) is 1.59. The molecule has 132 valence electrons. The van der Waals surface area contributed by atoms with E-state index in [1.165, 1.54) is 0 Å². The van der Waals surface area contributed by atoms with Crippen molar-refractivity contribution in [2.75, 3.05) is 13.7 Å². The van der Waals surface area contributed by atoms with E-state index in [-0.39, 0.29) is 18.3 Å². The molecule has 0 saturated carbocycles. The van der Waals surface area contributed by atoms with Gasteiger partial charge >= 0.3 is 5.97 Å². The zero-order chi connectivity index (χ0) is 17.9. The maximum Gasteiger partial charge on any atom is 0.314 e. The summed E-state index contributed by atoms with van der Waals surface area (Å²) in [6, 6.07) is 7.26. The van der Waals surface area contributed by atoms with Crippen molar-refractivity contribution in [1.82, 2.24) is 5.43 Å². The van der Waals surface area contributed by atoms with E-state index in [9.17, 15) is 9.59 Å². The molecule has 0 heterocycles. The van der Waals surface area contributed by atoms with Crippen molar-refractivity contribution in [3.8, 4) is 5.75 Å². The van der Waals surface area contributed by atoms with E-state index in [0.29, 0.717) is 18.7 Å². The Morgan fingerprint density at radius 2 is 1.88 bits per heavy atom. The van der Waals surface area contributed by atoms with Crippen LogP contribution in [0.4, 0.5) is 0 Å². The number of carbonyl (C=O) groups is 2. The molecule has 24 heavy (non-hydrogen) atoms. The Morgan fingerprint density at radius 3 is 2.42 bits per heavy atom. The molecular weight excluding hydrogens is 308 g/mol. The number of hydrazone groups is 1. The number of nitrogens with zero attached hydrogens (tertiary/aromatic N) is 1.